The van der Waals surface area contributed by atoms with Crippen LogP contribution in [0.3, 0.4) is 0 Å². The normalized spacial score (nSPS) is 13.4. The van der Waals surface area contributed by atoms with Crippen molar-refractivity contribution in [1.82, 2.24) is 4.90 Å². The maximum Gasteiger partial charge on any atom is 0.161 e. The third kappa shape index (κ3) is 6.13. The maximum absolute atomic E-state index is 6.93. The first-order valence-corrected chi connectivity index (χ1v) is 10.7. The van der Waals surface area contributed by atoms with Crippen molar-refractivity contribution >= 4 is 0 Å². The van der Waals surface area contributed by atoms with Crippen LogP contribution in [-0.2, 0) is 12.0 Å². The zero-order valence-electron chi connectivity index (χ0n) is 19.4. The molecule has 0 aliphatic heterocycles. The first kappa shape index (κ1) is 24.0. The number of methoxy groups -OCH3 is 3. The van der Waals surface area contributed by atoms with Crippen molar-refractivity contribution in [3.8, 4) is 17.2 Å². The third-order valence-corrected chi connectivity index (χ3v) is 6.00. The number of hydrogen-bond acceptors (Lipinski definition) is 5. The minimum atomic E-state index is -0.410. The van der Waals surface area contributed by atoms with Crippen LogP contribution in [-0.4, -0.2) is 46.4 Å². The van der Waals surface area contributed by atoms with E-state index in [1.807, 2.05) is 24.3 Å². The van der Waals surface area contributed by atoms with E-state index in [1.165, 1.54) is 5.56 Å². The lowest BCUT2D eigenvalue weighted by Crippen LogP contribution is -2.42. The summed E-state index contributed by atoms with van der Waals surface area (Å²) in [6.07, 6.45) is 2.93. The fourth-order valence-corrected chi connectivity index (χ4v) is 3.79. The van der Waals surface area contributed by atoms with Gasteiger partial charge in [-0.1, -0.05) is 32.0 Å². The lowest BCUT2D eigenvalue weighted by molar-refractivity contribution is 0.255. The summed E-state index contributed by atoms with van der Waals surface area (Å²) in [4.78, 5) is 2.37. The molecule has 0 saturated carbocycles. The summed E-state index contributed by atoms with van der Waals surface area (Å²) in [6, 6.07) is 14.3. The number of benzene rings is 2. The Morgan fingerprint density at radius 2 is 1.67 bits per heavy atom. The molecule has 5 nitrogen and oxygen atoms in total. The molecule has 0 amide bonds. The highest BCUT2D eigenvalue weighted by atomic mass is 16.5. The van der Waals surface area contributed by atoms with E-state index in [9.17, 15) is 0 Å². The topological polar surface area (TPSA) is 57.0 Å². The van der Waals surface area contributed by atoms with Crippen LogP contribution in [0.2, 0.25) is 0 Å². The highest BCUT2D eigenvalue weighted by molar-refractivity contribution is 5.45. The molecule has 0 radical (unpaired) electrons. The molecular formula is C25H38N2O3. The Hall–Kier alpha value is -2.24. The number of nitrogens with two attached hydrogens (primary N) is 1. The van der Waals surface area contributed by atoms with Gasteiger partial charge < -0.3 is 24.8 Å². The number of rotatable bonds is 12. The lowest BCUT2D eigenvalue weighted by atomic mass is 9.77. The molecular weight excluding hydrogens is 376 g/mol. The van der Waals surface area contributed by atoms with Crippen molar-refractivity contribution in [2.24, 2.45) is 11.7 Å². The van der Waals surface area contributed by atoms with Crippen LogP contribution in [0.4, 0.5) is 0 Å². The summed E-state index contributed by atoms with van der Waals surface area (Å²) in [7, 11) is 7.19. The van der Waals surface area contributed by atoms with Crippen LogP contribution >= 0.6 is 0 Å². The van der Waals surface area contributed by atoms with E-state index >= 15 is 0 Å². The van der Waals surface area contributed by atoms with Crippen LogP contribution in [0, 0.1) is 5.92 Å². The molecule has 2 N–H and O–H groups in total. The summed E-state index contributed by atoms with van der Waals surface area (Å²) in [6.45, 7) is 6.37. The lowest BCUT2D eigenvalue weighted by Gasteiger charge is -2.35. The highest BCUT2D eigenvalue weighted by Gasteiger charge is 2.31. The van der Waals surface area contributed by atoms with Gasteiger partial charge in [0.25, 0.3) is 0 Å². The molecule has 2 rings (SSSR count). The van der Waals surface area contributed by atoms with E-state index in [1.54, 1.807) is 21.3 Å². The minimum absolute atomic E-state index is 0.303. The fourth-order valence-electron chi connectivity index (χ4n) is 3.79. The van der Waals surface area contributed by atoms with E-state index in [4.69, 9.17) is 19.9 Å². The molecule has 5 heteroatoms. The Kier molecular flexibility index (Phi) is 9.00. The van der Waals surface area contributed by atoms with Gasteiger partial charge in [-0.2, -0.15) is 0 Å². The van der Waals surface area contributed by atoms with Gasteiger partial charge in [0.1, 0.15) is 5.75 Å². The fraction of sp³-hybridized carbons (Fsp3) is 0.520. The molecule has 2 aromatic carbocycles. The first-order chi connectivity index (χ1) is 14.3. The average Bonchev–Trinajstić information content (AvgIpc) is 2.76. The number of likely N-dealkylation sites (N-methyl/N-ethyl adjacent to an activating group) is 1. The van der Waals surface area contributed by atoms with Crippen molar-refractivity contribution in [2.75, 3.05) is 41.5 Å². The smallest absolute Gasteiger partial charge is 0.161 e. The molecule has 2 aromatic rings. The van der Waals surface area contributed by atoms with Crippen LogP contribution in [0.15, 0.2) is 42.5 Å². The van der Waals surface area contributed by atoms with Crippen molar-refractivity contribution in [3.05, 3.63) is 53.6 Å². The Balaban J connectivity index is 1.95. The molecule has 0 fully saturated rings. The van der Waals surface area contributed by atoms with Gasteiger partial charge in [-0.15, -0.1) is 0 Å². The summed E-state index contributed by atoms with van der Waals surface area (Å²) in [5.41, 5.74) is 8.91. The van der Waals surface area contributed by atoms with Gasteiger partial charge in [0.2, 0.25) is 0 Å². The SMILES string of the molecule is COc1cccc(CCN(C)CCCC(N)(c2ccc(OC)c(OC)c2)C(C)C)c1. The first-order valence-electron chi connectivity index (χ1n) is 10.7. The maximum atomic E-state index is 6.93. The predicted molar refractivity (Wildman–Crippen MR) is 124 cm³/mol. The van der Waals surface area contributed by atoms with Crippen LogP contribution in [0.5, 0.6) is 17.2 Å². The zero-order chi connectivity index (χ0) is 22.1. The summed E-state index contributed by atoms with van der Waals surface area (Å²) >= 11 is 0. The zero-order valence-corrected chi connectivity index (χ0v) is 19.4. The van der Waals surface area contributed by atoms with Gasteiger partial charge in [0, 0.05) is 12.1 Å². The second-order valence-corrected chi connectivity index (χ2v) is 8.27. The van der Waals surface area contributed by atoms with Gasteiger partial charge in [0.05, 0.1) is 21.3 Å². The van der Waals surface area contributed by atoms with Gasteiger partial charge in [0.15, 0.2) is 11.5 Å². The number of nitrogens with zero attached hydrogens (tertiary/aromatic N) is 1. The largest absolute Gasteiger partial charge is 0.497 e. The van der Waals surface area contributed by atoms with Crippen molar-refractivity contribution in [3.63, 3.8) is 0 Å². The average molecular weight is 415 g/mol. The Bertz CT molecular complexity index is 794. The number of hydrogen-bond donors (Lipinski definition) is 1. The number of ether oxygens (including phenoxy) is 3. The van der Waals surface area contributed by atoms with Gasteiger partial charge >= 0.3 is 0 Å². The summed E-state index contributed by atoms with van der Waals surface area (Å²) in [5.74, 6) is 2.66. The van der Waals surface area contributed by atoms with Gasteiger partial charge in [-0.05, 0) is 74.2 Å². The molecule has 166 valence electrons. The molecule has 1 unspecified atom stereocenters. The standard InChI is InChI=1S/C25H38N2O3/c1-19(2)25(26,21-11-12-23(29-5)24(18-21)30-6)14-8-15-27(3)16-13-20-9-7-10-22(17-20)28-4/h7,9-12,17-19H,8,13-16,26H2,1-6H3. The summed E-state index contributed by atoms with van der Waals surface area (Å²) in [5, 5.41) is 0. The van der Waals surface area contributed by atoms with Crippen molar-refractivity contribution in [1.29, 1.82) is 0 Å². The van der Waals surface area contributed by atoms with Crippen LogP contribution in [0.1, 0.15) is 37.8 Å². The molecule has 0 saturated heterocycles. The molecule has 1 atom stereocenters. The van der Waals surface area contributed by atoms with Gasteiger partial charge in [-0.3, -0.25) is 0 Å². The molecule has 0 aliphatic carbocycles. The van der Waals surface area contributed by atoms with Crippen LogP contribution in [0.25, 0.3) is 0 Å². The van der Waals surface area contributed by atoms with E-state index in [0.717, 1.165) is 55.2 Å². The minimum Gasteiger partial charge on any atom is -0.497 e. The highest BCUT2D eigenvalue weighted by Crippen LogP contribution is 2.37. The molecule has 0 bridgehead atoms. The molecule has 0 aromatic heterocycles. The predicted octanol–water partition coefficient (Wildman–Crippen LogP) is 4.48. The van der Waals surface area contributed by atoms with Crippen LogP contribution < -0.4 is 19.9 Å². The van der Waals surface area contributed by atoms with E-state index in [-0.39, 0.29) is 0 Å². The molecule has 0 aliphatic rings. The Morgan fingerprint density at radius 3 is 2.30 bits per heavy atom. The second-order valence-electron chi connectivity index (χ2n) is 8.27. The van der Waals surface area contributed by atoms with E-state index in [2.05, 4.69) is 44.0 Å². The van der Waals surface area contributed by atoms with E-state index in [0.29, 0.717) is 5.92 Å². The quantitative estimate of drug-likeness (QED) is 0.555. The second kappa shape index (κ2) is 11.2. The third-order valence-electron chi connectivity index (χ3n) is 6.00. The monoisotopic (exact) mass is 414 g/mol. The molecule has 0 spiro atoms. The van der Waals surface area contributed by atoms with Crippen molar-refractivity contribution < 1.29 is 14.2 Å². The summed E-state index contributed by atoms with van der Waals surface area (Å²) < 4.78 is 16.2. The Labute approximate surface area is 182 Å². The van der Waals surface area contributed by atoms with Gasteiger partial charge in [-0.25, -0.2) is 0 Å². The Morgan fingerprint density at radius 1 is 0.933 bits per heavy atom. The van der Waals surface area contributed by atoms with Crippen molar-refractivity contribution in [2.45, 2.75) is 38.6 Å². The molecule has 0 heterocycles. The molecule has 30 heavy (non-hydrogen) atoms. The van der Waals surface area contributed by atoms with E-state index < -0.39 is 5.54 Å².